The molecule has 1 aromatic rings. The van der Waals surface area contributed by atoms with Crippen LogP contribution in [0.5, 0.6) is 0 Å². The van der Waals surface area contributed by atoms with E-state index in [4.69, 9.17) is 14.2 Å². The minimum absolute atomic E-state index is 0.243. The molecule has 1 aromatic heterocycles. The highest BCUT2D eigenvalue weighted by molar-refractivity contribution is 5.71. The van der Waals surface area contributed by atoms with Crippen LogP contribution in [0.3, 0.4) is 0 Å². The minimum Gasteiger partial charge on any atom is -0.463 e. The second-order valence-corrected chi connectivity index (χ2v) is 3.27. The maximum absolute atomic E-state index is 11.3. The zero-order valence-corrected chi connectivity index (χ0v) is 9.56. The Balaban J connectivity index is 2.07. The summed E-state index contributed by atoms with van der Waals surface area (Å²) in [4.78, 5) is 14.2. The number of carbonyl (C=O) groups is 1. The first kappa shape index (κ1) is 12.7. The molecule has 0 spiro atoms. The Morgan fingerprint density at radius 3 is 2.94 bits per heavy atom. The van der Waals surface area contributed by atoms with Crippen LogP contribution in [0.25, 0.3) is 0 Å². The van der Waals surface area contributed by atoms with Crippen LogP contribution in [0, 0.1) is 0 Å². The van der Waals surface area contributed by atoms with Gasteiger partial charge in [0.1, 0.15) is 6.61 Å². The summed E-state index contributed by atoms with van der Waals surface area (Å²) in [5, 5.41) is 0. The Kier molecular flexibility index (Phi) is 5.60. The first-order valence-electron chi connectivity index (χ1n) is 5.14. The van der Waals surface area contributed by atoms with Crippen LogP contribution in [0.4, 0.5) is 0 Å². The molecular formula is C11H17NO4. The molecule has 0 aromatic carbocycles. The van der Waals surface area contributed by atoms with E-state index in [0.717, 1.165) is 5.69 Å². The smallest absolute Gasteiger partial charge is 0.311 e. The van der Waals surface area contributed by atoms with Crippen molar-refractivity contribution >= 4 is 5.97 Å². The molecule has 0 aliphatic rings. The normalized spacial score (nSPS) is 12.4. The second kappa shape index (κ2) is 7.03. The van der Waals surface area contributed by atoms with E-state index in [1.807, 2.05) is 12.1 Å². The summed E-state index contributed by atoms with van der Waals surface area (Å²) >= 11 is 0. The van der Waals surface area contributed by atoms with Crippen molar-refractivity contribution in [1.29, 1.82) is 0 Å². The number of rotatable bonds is 7. The average Bonchev–Trinajstić information content (AvgIpc) is 2.76. The quantitative estimate of drug-likeness (QED) is 0.430. The average molecular weight is 227 g/mol. The third-order valence-electron chi connectivity index (χ3n) is 2.03. The van der Waals surface area contributed by atoms with Gasteiger partial charge in [-0.1, -0.05) is 0 Å². The molecular weight excluding hydrogens is 210 g/mol. The summed E-state index contributed by atoms with van der Waals surface area (Å²) in [6.07, 6.45) is 1.75. The zero-order chi connectivity index (χ0) is 11.8. The second-order valence-electron chi connectivity index (χ2n) is 3.27. The Bertz CT molecular complexity index is 297. The third-order valence-corrected chi connectivity index (χ3v) is 2.03. The van der Waals surface area contributed by atoms with Gasteiger partial charge in [0.05, 0.1) is 13.0 Å². The van der Waals surface area contributed by atoms with Crippen molar-refractivity contribution in [3.05, 3.63) is 24.0 Å². The fourth-order valence-electron chi connectivity index (χ4n) is 1.12. The fraction of sp³-hybridized carbons (Fsp3) is 0.545. The number of hydrogen-bond acceptors (Lipinski definition) is 4. The van der Waals surface area contributed by atoms with Gasteiger partial charge in [-0.05, 0) is 19.1 Å². The van der Waals surface area contributed by atoms with Crippen molar-refractivity contribution < 1.29 is 19.0 Å². The monoisotopic (exact) mass is 227 g/mol. The standard InChI is InChI=1S/C11H17NO4/c1-9(14-2)15-6-7-16-11(13)8-10-4-3-5-12-10/h3-5,9,12H,6-8H2,1-2H3. The van der Waals surface area contributed by atoms with Gasteiger partial charge in [0.25, 0.3) is 0 Å². The Morgan fingerprint density at radius 2 is 2.31 bits per heavy atom. The van der Waals surface area contributed by atoms with Crippen molar-refractivity contribution in [2.24, 2.45) is 0 Å². The topological polar surface area (TPSA) is 60.6 Å². The molecule has 90 valence electrons. The Morgan fingerprint density at radius 1 is 1.50 bits per heavy atom. The fourth-order valence-corrected chi connectivity index (χ4v) is 1.12. The van der Waals surface area contributed by atoms with E-state index in [1.54, 1.807) is 20.2 Å². The van der Waals surface area contributed by atoms with Gasteiger partial charge in [-0.15, -0.1) is 0 Å². The molecule has 0 aliphatic heterocycles. The highest BCUT2D eigenvalue weighted by Gasteiger charge is 2.05. The number of H-pyrrole nitrogens is 1. The van der Waals surface area contributed by atoms with Gasteiger partial charge in [0.15, 0.2) is 6.29 Å². The van der Waals surface area contributed by atoms with Gasteiger partial charge in [-0.25, -0.2) is 0 Å². The summed E-state index contributed by atoms with van der Waals surface area (Å²) in [5.74, 6) is -0.267. The molecule has 5 nitrogen and oxygen atoms in total. The molecule has 1 N–H and O–H groups in total. The highest BCUT2D eigenvalue weighted by Crippen LogP contribution is 1.97. The van der Waals surface area contributed by atoms with Crippen LogP contribution in [0.2, 0.25) is 0 Å². The van der Waals surface area contributed by atoms with Crippen molar-refractivity contribution in [2.45, 2.75) is 19.6 Å². The summed E-state index contributed by atoms with van der Waals surface area (Å²) in [5.41, 5.74) is 0.844. The molecule has 0 amide bonds. The number of ether oxygens (including phenoxy) is 3. The molecule has 1 rings (SSSR count). The van der Waals surface area contributed by atoms with E-state index in [9.17, 15) is 4.79 Å². The summed E-state index contributed by atoms with van der Waals surface area (Å²) in [6.45, 7) is 2.36. The number of methoxy groups -OCH3 is 1. The van der Waals surface area contributed by atoms with Gasteiger partial charge < -0.3 is 19.2 Å². The molecule has 0 saturated carbocycles. The predicted octanol–water partition coefficient (Wildman–Crippen LogP) is 1.11. The largest absolute Gasteiger partial charge is 0.463 e. The Hall–Kier alpha value is -1.33. The predicted molar refractivity (Wildman–Crippen MR) is 57.9 cm³/mol. The molecule has 0 radical (unpaired) electrons. The third kappa shape index (κ3) is 4.95. The molecule has 16 heavy (non-hydrogen) atoms. The molecule has 0 bridgehead atoms. The van der Waals surface area contributed by atoms with E-state index in [2.05, 4.69) is 4.98 Å². The van der Waals surface area contributed by atoms with Crippen LogP contribution in [0.1, 0.15) is 12.6 Å². The Labute approximate surface area is 94.7 Å². The number of esters is 1. The first-order chi connectivity index (χ1) is 7.72. The number of aromatic amines is 1. The van der Waals surface area contributed by atoms with E-state index >= 15 is 0 Å². The van der Waals surface area contributed by atoms with Gasteiger partial charge in [0, 0.05) is 19.0 Å². The van der Waals surface area contributed by atoms with Gasteiger partial charge >= 0.3 is 5.97 Å². The molecule has 0 aliphatic carbocycles. The summed E-state index contributed by atoms with van der Waals surface area (Å²) < 4.78 is 15.0. The van der Waals surface area contributed by atoms with Crippen molar-refractivity contribution in [3.63, 3.8) is 0 Å². The SMILES string of the molecule is COC(C)OCCOC(=O)Cc1ccc[nH]1. The lowest BCUT2D eigenvalue weighted by molar-refractivity contribution is -0.151. The molecule has 1 unspecified atom stereocenters. The maximum Gasteiger partial charge on any atom is 0.311 e. The number of aromatic nitrogens is 1. The van der Waals surface area contributed by atoms with Gasteiger partial charge in [-0.3, -0.25) is 4.79 Å². The molecule has 5 heteroatoms. The zero-order valence-electron chi connectivity index (χ0n) is 9.56. The van der Waals surface area contributed by atoms with E-state index < -0.39 is 0 Å². The van der Waals surface area contributed by atoms with E-state index in [1.165, 1.54) is 0 Å². The molecule has 0 fully saturated rings. The van der Waals surface area contributed by atoms with Crippen molar-refractivity contribution in [1.82, 2.24) is 4.98 Å². The van der Waals surface area contributed by atoms with Crippen LogP contribution >= 0.6 is 0 Å². The van der Waals surface area contributed by atoms with Crippen molar-refractivity contribution in [3.8, 4) is 0 Å². The number of hydrogen-bond donors (Lipinski definition) is 1. The number of carbonyl (C=O) groups excluding carboxylic acids is 1. The van der Waals surface area contributed by atoms with Crippen LogP contribution in [0.15, 0.2) is 18.3 Å². The van der Waals surface area contributed by atoms with Gasteiger partial charge in [0.2, 0.25) is 0 Å². The summed E-state index contributed by atoms with van der Waals surface area (Å²) in [6, 6.07) is 3.68. The van der Waals surface area contributed by atoms with E-state index in [-0.39, 0.29) is 25.3 Å². The van der Waals surface area contributed by atoms with Crippen LogP contribution in [-0.2, 0) is 25.4 Å². The van der Waals surface area contributed by atoms with Crippen molar-refractivity contribution in [2.75, 3.05) is 20.3 Å². The molecule has 1 heterocycles. The summed E-state index contributed by atoms with van der Waals surface area (Å²) in [7, 11) is 1.56. The lowest BCUT2D eigenvalue weighted by Gasteiger charge is -2.10. The highest BCUT2D eigenvalue weighted by atomic mass is 16.7. The maximum atomic E-state index is 11.3. The van der Waals surface area contributed by atoms with Crippen LogP contribution in [-0.4, -0.2) is 37.6 Å². The lowest BCUT2D eigenvalue weighted by Crippen LogP contribution is -2.17. The molecule has 0 saturated heterocycles. The van der Waals surface area contributed by atoms with Crippen LogP contribution < -0.4 is 0 Å². The van der Waals surface area contributed by atoms with Gasteiger partial charge in [-0.2, -0.15) is 0 Å². The lowest BCUT2D eigenvalue weighted by atomic mass is 10.3. The minimum atomic E-state index is -0.276. The van der Waals surface area contributed by atoms with E-state index in [0.29, 0.717) is 6.61 Å². The molecule has 1 atom stereocenters. The number of nitrogens with one attached hydrogen (secondary N) is 1. The first-order valence-corrected chi connectivity index (χ1v) is 5.14.